The molecule has 1 unspecified atom stereocenters. The molecule has 1 atom stereocenters. The van der Waals surface area contributed by atoms with E-state index in [1.54, 1.807) is 0 Å². The second-order valence-electron chi connectivity index (χ2n) is 4.15. The van der Waals surface area contributed by atoms with Gasteiger partial charge in [0.05, 0.1) is 5.69 Å². The van der Waals surface area contributed by atoms with Crippen molar-refractivity contribution in [3.8, 4) is 5.75 Å². The van der Waals surface area contributed by atoms with E-state index < -0.39 is 0 Å². The molecule has 17 heavy (non-hydrogen) atoms. The first-order valence-electron chi connectivity index (χ1n) is 6.01. The van der Waals surface area contributed by atoms with Crippen LogP contribution in [0.25, 0.3) is 0 Å². The van der Waals surface area contributed by atoms with Gasteiger partial charge in [0.15, 0.2) is 0 Å². The van der Waals surface area contributed by atoms with Gasteiger partial charge in [-0.2, -0.15) is 5.10 Å². The third-order valence-electron chi connectivity index (χ3n) is 2.84. The lowest BCUT2D eigenvalue weighted by molar-refractivity contribution is 0.298. The molecule has 0 amide bonds. The highest BCUT2D eigenvalue weighted by Gasteiger charge is 2.04. The zero-order chi connectivity index (χ0) is 12.1. The highest BCUT2D eigenvalue weighted by atomic mass is 16.5. The molecule has 2 aromatic rings. The Balaban J connectivity index is 1.94. The Morgan fingerprint density at radius 1 is 1.24 bits per heavy atom. The standard InChI is InChI=1S/C14H18N2O/c1-3-12(2)16-10-9-13(15-16)11-17-14-7-5-4-6-8-14/h4-10,12H,3,11H2,1-2H3. The third kappa shape index (κ3) is 3.09. The molecule has 1 heterocycles. The lowest BCUT2D eigenvalue weighted by Crippen LogP contribution is -2.05. The number of benzene rings is 1. The van der Waals surface area contributed by atoms with Crippen LogP contribution in [0.3, 0.4) is 0 Å². The molecule has 2 rings (SSSR count). The van der Waals surface area contributed by atoms with Crippen LogP contribution >= 0.6 is 0 Å². The fourth-order valence-corrected chi connectivity index (χ4v) is 1.56. The van der Waals surface area contributed by atoms with Gasteiger partial charge in [0, 0.05) is 12.2 Å². The van der Waals surface area contributed by atoms with Gasteiger partial charge in [-0.25, -0.2) is 0 Å². The van der Waals surface area contributed by atoms with Gasteiger partial charge >= 0.3 is 0 Å². The summed E-state index contributed by atoms with van der Waals surface area (Å²) in [5, 5.41) is 4.49. The van der Waals surface area contributed by atoms with Crippen molar-refractivity contribution in [2.75, 3.05) is 0 Å². The molecule has 90 valence electrons. The molecule has 0 aliphatic rings. The molecular formula is C14H18N2O. The van der Waals surface area contributed by atoms with Crippen LogP contribution in [0, 0.1) is 0 Å². The predicted molar refractivity (Wildman–Crippen MR) is 68.0 cm³/mol. The molecule has 0 radical (unpaired) electrons. The van der Waals surface area contributed by atoms with Crippen LogP contribution in [0.2, 0.25) is 0 Å². The maximum absolute atomic E-state index is 5.64. The van der Waals surface area contributed by atoms with Crippen LogP contribution in [0.4, 0.5) is 0 Å². The predicted octanol–water partition coefficient (Wildman–Crippen LogP) is 3.43. The summed E-state index contributed by atoms with van der Waals surface area (Å²) in [7, 11) is 0. The molecule has 0 saturated heterocycles. The van der Waals surface area contributed by atoms with Crippen molar-refractivity contribution in [2.45, 2.75) is 32.9 Å². The number of aromatic nitrogens is 2. The first kappa shape index (κ1) is 11.7. The highest BCUT2D eigenvalue weighted by Crippen LogP contribution is 2.12. The zero-order valence-corrected chi connectivity index (χ0v) is 10.3. The Kier molecular flexibility index (Phi) is 3.81. The normalized spacial score (nSPS) is 12.4. The summed E-state index contributed by atoms with van der Waals surface area (Å²) in [5.74, 6) is 0.880. The summed E-state index contributed by atoms with van der Waals surface area (Å²) in [6.07, 6.45) is 3.10. The molecule has 0 spiro atoms. The zero-order valence-electron chi connectivity index (χ0n) is 10.3. The van der Waals surface area contributed by atoms with Gasteiger partial charge in [-0.15, -0.1) is 0 Å². The van der Waals surface area contributed by atoms with Crippen LogP contribution in [0.15, 0.2) is 42.6 Å². The van der Waals surface area contributed by atoms with Gasteiger partial charge in [0.1, 0.15) is 12.4 Å². The van der Waals surface area contributed by atoms with Gasteiger partial charge in [-0.3, -0.25) is 4.68 Å². The first-order chi connectivity index (χ1) is 8.29. The molecule has 0 aliphatic heterocycles. The van der Waals surface area contributed by atoms with Crippen LogP contribution < -0.4 is 4.74 Å². The van der Waals surface area contributed by atoms with Crippen molar-refractivity contribution in [3.63, 3.8) is 0 Å². The van der Waals surface area contributed by atoms with Gasteiger partial charge in [0.2, 0.25) is 0 Å². The summed E-state index contributed by atoms with van der Waals surface area (Å²) in [6, 6.07) is 12.3. The Morgan fingerprint density at radius 2 is 2.00 bits per heavy atom. The fraction of sp³-hybridized carbons (Fsp3) is 0.357. The molecule has 0 bridgehead atoms. The second-order valence-corrected chi connectivity index (χ2v) is 4.15. The van der Waals surface area contributed by atoms with E-state index in [-0.39, 0.29) is 0 Å². The minimum Gasteiger partial charge on any atom is -0.487 e. The van der Waals surface area contributed by atoms with Gasteiger partial charge < -0.3 is 4.74 Å². The first-order valence-corrected chi connectivity index (χ1v) is 6.01. The van der Waals surface area contributed by atoms with E-state index in [4.69, 9.17) is 4.74 Å². The number of hydrogen-bond donors (Lipinski definition) is 0. The van der Waals surface area contributed by atoms with Crippen molar-refractivity contribution < 1.29 is 4.74 Å². The highest BCUT2D eigenvalue weighted by molar-refractivity contribution is 5.21. The van der Waals surface area contributed by atoms with Crippen LogP contribution in [0.5, 0.6) is 5.75 Å². The number of rotatable bonds is 5. The summed E-state index contributed by atoms with van der Waals surface area (Å²) in [5.41, 5.74) is 0.967. The molecule has 0 N–H and O–H groups in total. The SMILES string of the molecule is CCC(C)n1ccc(COc2ccccc2)n1. The number of ether oxygens (including phenoxy) is 1. The molecule has 1 aromatic carbocycles. The monoisotopic (exact) mass is 230 g/mol. The number of hydrogen-bond acceptors (Lipinski definition) is 2. The molecule has 0 fully saturated rings. The Bertz CT molecular complexity index is 450. The average molecular weight is 230 g/mol. The number of nitrogens with zero attached hydrogens (tertiary/aromatic N) is 2. The molecule has 0 aliphatic carbocycles. The van der Waals surface area contributed by atoms with Crippen LogP contribution in [-0.2, 0) is 6.61 Å². The summed E-state index contributed by atoms with van der Waals surface area (Å²) >= 11 is 0. The van der Waals surface area contributed by atoms with Crippen molar-refractivity contribution in [1.29, 1.82) is 0 Å². The van der Waals surface area contributed by atoms with Gasteiger partial charge in [-0.05, 0) is 31.5 Å². The minimum absolute atomic E-state index is 0.445. The quantitative estimate of drug-likeness (QED) is 0.786. The van der Waals surface area contributed by atoms with Crippen molar-refractivity contribution in [2.24, 2.45) is 0 Å². The second kappa shape index (κ2) is 5.53. The Labute approximate surface area is 102 Å². The van der Waals surface area contributed by atoms with Crippen LogP contribution in [0.1, 0.15) is 32.0 Å². The van der Waals surface area contributed by atoms with Crippen molar-refractivity contribution >= 4 is 0 Å². The lowest BCUT2D eigenvalue weighted by Gasteiger charge is -2.08. The maximum Gasteiger partial charge on any atom is 0.132 e. The Morgan fingerprint density at radius 3 is 2.71 bits per heavy atom. The summed E-state index contributed by atoms with van der Waals surface area (Å²) < 4.78 is 7.63. The molecular weight excluding hydrogens is 212 g/mol. The van der Waals surface area contributed by atoms with E-state index in [0.717, 1.165) is 17.9 Å². The Hall–Kier alpha value is -1.77. The third-order valence-corrected chi connectivity index (χ3v) is 2.84. The molecule has 0 saturated carbocycles. The molecule has 1 aromatic heterocycles. The smallest absolute Gasteiger partial charge is 0.132 e. The van der Waals surface area contributed by atoms with E-state index in [2.05, 4.69) is 18.9 Å². The summed E-state index contributed by atoms with van der Waals surface area (Å²) in [6.45, 7) is 4.84. The summed E-state index contributed by atoms with van der Waals surface area (Å²) in [4.78, 5) is 0. The van der Waals surface area contributed by atoms with Crippen LogP contribution in [-0.4, -0.2) is 9.78 Å². The van der Waals surface area contributed by atoms with E-state index in [1.807, 2.05) is 47.3 Å². The van der Waals surface area contributed by atoms with Crippen molar-refractivity contribution in [1.82, 2.24) is 9.78 Å². The van der Waals surface area contributed by atoms with E-state index in [9.17, 15) is 0 Å². The van der Waals surface area contributed by atoms with E-state index in [1.165, 1.54) is 0 Å². The van der Waals surface area contributed by atoms with Gasteiger partial charge in [-0.1, -0.05) is 25.1 Å². The number of para-hydroxylation sites is 1. The largest absolute Gasteiger partial charge is 0.487 e. The molecule has 3 nitrogen and oxygen atoms in total. The maximum atomic E-state index is 5.64. The fourth-order valence-electron chi connectivity index (χ4n) is 1.56. The van der Waals surface area contributed by atoms with E-state index >= 15 is 0 Å². The average Bonchev–Trinajstić information content (AvgIpc) is 2.85. The van der Waals surface area contributed by atoms with Gasteiger partial charge in [0.25, 0.3) is 0 Å². The lowest BCUT2D eigenvalue weighted by atomic mass is 10.3. The van der Waals surface area contributed by atoms with E-state index in [0.29, 0.717) is 12.6 Å². The molecule has 3 heteroatoms. The van der Waals surface area contributed by atoms with Crippen molar-refractivity contribution in [3.05, 3.63) is 48.3 Å². The minimum atomic E-state index is 0.445. The topological polar surface area (TPSA) is 27.1 Å².